The van der Waals surface area contributed by atoms with E-state index in [1.807, 2.05) is 13.8 Å². The summed E-state index contributed by atoms with van der Waals surface area (Å²) in [5.41, 5.74) is -0.688. The summed E-state index contributed by atoms with van der Waals surface area (Å²) in [7, 11) is 0. The second-order valence-electron chi connectivity index (χ2n) is 11.3. The summed E-state index contributed by atoms with van der Waals surface area (Å²) < 4.78 is 11.3. The molecule has 0 saturated heterocycles. The molecule has 4 aliphatic rings. The number of Topliss-reactive ketones (excluding diaryl/α,β-unsaturated/α-hetero) is 1. The van der Waals surface area contributed by atoms with Gasteiger partial charge in [-0.1, -0.05) is 39.3 Å². The van der Waals surface area contributed by atoms with Crippen LogP contribution in [0.15, 0.2) is 23.8 Å². The normalized spacial score (nSPS) is 43.9. The van der Waals surface area contributed by atoms with E-state index in [1.165, 1.54) is 6.92 Å². The Bertz CT molecular complexity index is 935. The Hall–Kier alpha value is -1.99. The summed E-state index contributed by atoms with van der Waals surface area (Å²) in [6.07, 6.45) is 1.30. The van der Waals surface area contributed by atoms with E-state index < -0.39 is 46.4 Å². The van der Waals surface area contributed by atoms with Crippen LogP contribution >= 0.6 is 0 Å². The fourth-order valence-electron chi connectivity index (χ4n) is 6.91. The Morgan fingerprint density at radius 1 is 1.27 bits per heavy atom. The van der Waals surface area contributed by atoms with Crippen molar-refractivity contribution in [2.75, 3.05) is 6.61 Å². The number of aliphatic hydroxyl groups is 2. The molecule has 0 bridgehead atoms. The minimum Gasteiger partial charge on any atom is -0.465 e. The molecule has 8 atom stereocenters. The van der Waals surface area contributed by atoms with Crippen LogP contribution in [-0.4, -0.2) is 52.9 Å². The van der Waals surface area contributed by atoms with Crippen molar-refractivity contribution >= 4 is 17.7 Å². The molecule has 0 aliphatic heterocycles. The number of aliphatic hydroxyl groups excluding tert-OH is 2. The lowest BCUT2D eigenvalue weighted by Crippen LogP contribution is -2.61. The number of carbonyl (C=O) groups is 3. The molecule has 2 fully saturated rings. The molecule has 0 aromatic carbocycles. The van der Waals surface area contributed by atoms with Crippen LogP contribution < -0.4 is 0 Å². The predicted octanol–water partition coefficient (Wildman–Crippen LogP) is 2.74. The first kappa shape index (κ1) is 24.1. The van der Waals surface area contributed by atoms with Crippen molar-refractivity contribution in [1.82, 2.24) is 0 Å². The molecule has 0 aromatic rings. The van der Waals surface area contributed by atoms with Gasteiger partial charge < -0.3 is 19.7 Å². The molecule has 0 heterocycles. The monoisotopic (exact) mass is 460 g/mol. The van der Waals surface area contributed by atoms with E-state index in [1.54, 1.807) is 19.9 Å². The Morgan fingerprint density at radius 3 is 2.52 bits per heavy atom. The molecule has 0 aromatic heterocycles. The molecular formula is C26H36O7. The van der Waals surface area contributed by atoms with Gasteiger partial charge in [0.25, 0.3) is 0 Å². The van der Waals surface area contributed by atoms with Crippen molar-refractivity contribution in [2.45, 2.75) is 78.6 Å². The van der Waals surface area contributed by atoms with E-state index in [0.717, 1.165) is 12.0 Å². The zero-order valence-corrected chi connectivity index (χ0v) is 20.2. The Labute approximate surface area is 195 Å². The van der Waals surface area contributed by atoms with Crippen molar-refractivity contribution in [3.63, 3.8) is 0 Å². The number of esters is 2. The molecule has 2 N–H and O–H groups in total. The quantitative estimate of drug-likeness (QED) is 0.479. The summed E-state index contributed by atoms with van der Waals surface area (Å²) in [4.78, 5) is 38.1. The zero-order valence-electron chi connectivity index (χ0n) is 20.2. The number of hydrogen-bond donors (Lipinski definition) is 2. The number of allylic oxidation sites excluding steroid dienone is 1. The van der Waals surface area contributed by atoms with Crippen molar-refractivity contribution in [2.24, 2.45) is 34.0 Å². The molecule has 0 unspecified atom stereocenters. The lowest BCUT2D eigenvalue weighted by Gasteiger charge is -2.55. The van der Waals surface area contributed by atoms with Crippen molar-refractivity contribution in [1.29, 1.82) is 0 Å². The van der Waals surface area contributed by atoms with E-state index in [-0.39, 0.29) is 30.2 Å². The average Bonchev–Trinajstić information content (AvgIpc) is 3.45. The maximum absolute atomic E-state index is 13.8. The highest BCUT2D eigenvalue weighted by atomic mass is 16.6. The van der Waals surface area contributed by atoms with Crippen molar-refractivity contribution in [3.05, 3.63) is 23.8 Å². The van der Waals surface area contributed by atoms with Gasteiger partial charge in [0.15, 0.2) is 5.78 Å². The average molecular weight is 461 g/mol. The molecule has 33 heavy (non-hydrogen) atoms. The maximum atomic E-state index is 13.8. The highest BCUT2D eigenvalue weighted by Crippen LogP contribution is 2.76. The number of ketones is 1. The SMILES string of the molecule is C=C[C@]1(C)CCC2=C([C@@H](O)C(=O)[C@H]3[C@](C)(COC(=O)C(C)C)[C@H](OC(C)=O)C[C@H]4C[C@]243)[C@@H]1O. The third-order valence-corrected chi connectivity index (χ3v) is 8.92. The van der Waals surface area contributed by atoms with Crippen LogP contribution in [0.3, 0.4) is 0 Å². The summed E-state index contributed by atoms with van der Waals surface area (Å²) in [5.74, 6) is -2.11. The van der Waals surface area contributed by atoms with E-state index in [0.29, 0.717) is 24.8 Å². The first-order chi connectivity index (χ1) is 15.3. The molecule has 7 nitrogen and oxygen atoms in total. The second-order valence-corrected chi connectivity index (χ2v) is 11.3. The highest BCUT2D eigenvalue weighted by molar-refractivity contribution is 5.93. The summed E-state index contributed by atoms with van der Waals surface area (Å²) in [6, 6.07) is 0. The largest absolute Gasteiger partial charge is 0.465 e. The van der Waals surface area contributed by atoms with Gasteiger partial charge in [0.05, 0.1) is 12.0 Å². The van der Waals surface area contributed by atoms with Crippen LogP contribution in [0.2, 0.25) is 0 Å². The maximum Gasteiger partial charge on any atom is 0.308 e. The molecular weight excluding hydrogens is 424 g/mol. The van der Waals surface area contributed by atoms with Gasteiger partial charge in [-0.2, -0.15) is 0 Å². The van der Waals surface area contributed by atoms with Gasteiger partial charge in [-0.15, -0.1) is 6.58 Å². The molecule has 0 radical (unpaired) electrons. The second kappa shape index (κ2) is 7.77. The van der Waals surface area contributed by atoms with Crippen LogP contribution in [-0.2, 0) is 23.9 Å². The minimum absolute atomic E-state index is 0.0743. The van der Waals surface area contributed by atoms with Crippen LogP contribution in [0.1, 0.15) is 60.3 Å². The van der Waals surface area contributed by atoms with Crippen molar-refractivity contribution < 1.29 is 34.1 Å². The zero-order chi connectivity index (χ0) is 24.5. The van der Waals surface area contributed by atoms with E-state index >= 15 is 0 Å². The molecule has 7 heteroatoms. The third kappa shape index (κ3) is 3.34. The number of carbonyl (C=O) groups excluding carboxylic acids is 3. The summed E-state index contributed by atoms with van der Waals surface area (Å²) in [5, 5.41) is 22.4. The fourth-order valence-corrected chi connectivity index (χ4v) is 6.91. The Kier molecular flexibility index (Phi) is 5.69. The van der Waals surface area contributed by atoms with Crippen LogP contribution in [0, 0.1) is 34.0 Å². The summed E-state index contributed by atoms with van der Waals surface area (Å²) in [6.45, 7) is 12.3. The van der Waals surface area contributed by atoms with Gasteiger partial charge in [0, 0.05) is 29.1 Å². The predicted molar refractivity (Wildman–Crippen MR) is 120 cm³/mol. The molecule has 0 amide bonds. The molecule has 4 rings (SSSR count). The molecule has 182 valence electrons. The Morgan fingerprint density at radius 2 is 1.94 bits per heavy atom. The highest BCUT2D eigenvalue weighted by Gasteiger charge is 2.76. The molecule has 1 spiro atoms. The Balaban J connectivity index is 1.80. The van der Waals surface area contributed by atoms with E-state index in [2.05, 4.69) is 6.58 Å². The molecule has 4 aliphatic carbocycles. The molecule has 2 saturated carbocycles. The van der Waals surface area contributed by atoms with Gasteiger partial charge in [-0.3, -0.25) is 14.4 Å². The first-order valence-electron chi connectivity index (χ1n) is 11.9. The van der Waals surface area contributed by atoms with Gasteiger partial charge in [-0.25, -0.2) is 0 Å². The number of rotatable bonds is 5. The van der Waals surface area contributed by atoms with Crippen LogP contribution in [0.25, 0.3) is 0 Å². The van der Waals surface area contributed by atoms with E-state index in [9.17, 15) is 24.6 Å². The van der Waals surface area contributed by atoms with Crippen LogP contribution in [0.5, 0.6) is 0 Å². The smallest absolute Gasteiger partial charge is 0.308 e. The lowest BCUT2D eigenvalue weighted by atomic mass is 9.50. The van der Waals surface area contributed by atoms with Crippen LogP contribution in [0.4, 0.5) is 0 Å². The van der Waals surface area contributed by atoms with Gasteiger partial charge >= 0.3 is 11.9 Å². The topological polar surface area (TPSA) is 110 Å². The standard InChI is InChI=1S/C26H36O7/c1-7-24(5)9-8-16-18(22(24)30)19(28)20(29)21-25(6,12-32-23(31)13(2)3)17(33-14(4)27)10-15-11-26(15,16)21/h7,13,15,17,19,21-22,28,30H,1,8-12H2,2-6H3/t15-,17+,19+,21-,22-,24+,25+,26+/m0/s1. The number of ether oxygens (including phenoxy) is 2. The van der Waals surface area contributed by atoms with Gasteiger partial charge in [0.1, 0.15) is 18.8 Å². The van der Waals surface area contributed by atoms with E-state index in [4.69, 9.17) is 9.47 Å². The number of hydrogen-bond acceptors (Lipinski definition) is 7. The minimum atomic E-state index is -1.44. The third-order valence-electron chi connectivity index (χ3n) is 8.92. The van der Waals surface area contributed by atoms with Gasteiger partial charge in [0.2, 0.25) is 0 Å². The summed E-state index contributed by atoms with van der Waals surface area (Å²) >= 11 is 0. The lowest BCUT2D eigenvalue weighted by molar-refractivity contribution is -0.183. The first-order valence-corrected chi connectivity index (χ1v) is 11.9. The van der Waals surface area contributed by atoms with Gasteiger partial charge in [-0.05, 0) is 37.2 Å². The fraction of sp³-hybridized carbons (Fsp3) is 0.731. The van der Waals surface area contributed by atoms with Crippen molar-refractivity contribution in [3.8, 4) is 0 Å².